The van der Waals surface area contributed by atoms with Crippen LogP contribution in [0.5, 0.6) is 0 Å². The molecule has 0 amide bonds. The Labute approximate surface area is 126 Å². The number of hydrogen-bond donors (Lipinski definition) is 0. The highest BCUT2D eigenvalue weighted by Crippen LogP contribution is 2.41. The molecule has 0 N–H and O–H groups in total. The van der Waals surface area contributed by atoms with Crippen LogP contribution in [0, 0.1) is 10.1 Å². The van der Waals surface area contributed by atoms with Gasteiger partial charge in [0.25, 0.3) is 0 Å². The first-order valence-corrected chi connectivity index (χ1v) is 7.15. The molecule has 0 aliphatic carbocycles. The molecule has 2 aromatic heterocycles. The Bertz CT molecular complexity index is 887. The van der Waals surface area contributed by atoms with Crippen LogP contribution in [0.1, 0.15) is 12.5 Å². The summed E-state index contributed by atoms with van der Waals surface area (Å²) < 4.78 is 1.53. The van der Waals surface area contributed by atoms with E-state index in [-0.39, 0.29) is 16.8 Å². The van der Waals surface area contributed by atoms with Crippen molar-refractivity contribution < 1.29 is 4.92 Å². The fourth-order valence-electron chi connectivity index (χ4n) is 3.19. The maximum Gasteiger partial charge on any atom is 0.372 e. The Hall–Kier alpha value is -2.89. The number of benzene rings is 1. The molecule has 1 aliphatic rings. The molecule has 4 rings (SSSR count). The summed E-state index contributed by atoms with van der Waals surface area (Å²) >= 11 is 0. The number of aromatic nitrogens is 2. The summed E-state index contributed by atoms with van der Waals surface area (Å²) in [5, 5.41) is 11.6. The zero-order chi connectivity index (χ0) is 15.3. The van der Waals surface area contributed by atoms with Crippen LogP contribution in [-0.2, 0) is 6.42 Å². The largest absolute Gasteiger partial charge is 0.372 e. The van der Waals surface area contributed by atoms with Crippen molar-refractivity contribution in [1.29, 1.82) is 0 Å². The first-order valence-electron chi connectivity index (χ1n) is 7.15. The molecular formula is C16H14N4O2. The molecule has 1 unspecified atom stereocenters. The van der Waals surface area contributed by atoms with Crippen molar-refractivity contribution in [3.05, 3.63) is 64.3 Å². The molecule has 3 heterocycles. The topological polar surface area (TPSA) is 63.7 Å². The second kappa shape index (κ2) is 4.56. The van der Waals surface area contributed by atoms with Gasteiger partial charge >= 0.3 is 5.82 Å². The van der Waals surface area contributed by atoms with Crippen molar-refractivity contribution in [3.63, 3.8) is 0 Å². The van der Waals surface area contributed by atoms with Crippen molar-refractivity contribution in [3.8, 4) is 0 Å². The Kier molecular flexibility index (Phi) is 2.66. The third-order valence-electron chi connectivity index (χ3n) is 4.10. The third-order valence-corrected chi connectivity index (χ3v) is 4.10. The number of nitro groups is 1. The Morgan fingerprint density at radius 3 is 2.82 bits per heavy atom. The van der Waals surface area contributed by atoms with Crippen molar-refractivity contribution in [1.82, 2.24) is 9.38 Å². The van der Waals surface area contributed by atoms with E-state index in [2.05, 4.69) is 18.0 Å². The fourth-order valence-corrected chi connectivity index (χ4v) is 3.19. The van der Waals surface area contributed by atoms with Crippen molar-refractivity contribution in [2.24, 2.45) is 0 Å². The van der Waals surface area contributed by atoms with Crippen LogP contribution in [0.2, 0.25) is 0 Å². The predicted molar refractivity (Wildman–Crippen MR) is 83.6 cm³/mol. The van der Waals surface area contributed by atoms with Gasteiger partial charge in [-0.05, 0) is 36.0 Å². The van der Waals surface area contributed by atoms with E-state index in [4.69, 9.17) is 0 Å². The van der Waals surface area contributed by atoms with Crippen LogP contribution in [0.15, 0.2) is 48.7 Å². The lowest BCUT2D eigenvalue weighted by Crippen LogP contribution is -2.25. The third kappa shape index (κ3) is 1.70. The molecule has 0 radical (unpaired) electrons. The monoisotopic (exact) mass is 294 g/mol. The predicted octanol–water partition coefficient (Wildman–Crippen LogP) is 3.33. The van der Waals surface area contributed by atoms with E-state index in [0.29, 0.717) is 11.5 Å². The highest BCUT2D eigenvalue weighted by Gasteiger charge is 2.35. The van der Waals surface area contributed by atoms with Crippen LogP contribution in [0.4, 0.5) is 17.3 Å². The zero-order valence-electron chi connectivity index (χ0n) is 12.0. The standard InChI is InChI=1S/C16H14N4O2/c1-11-10-12-6-2-3-7-13(12)19(11)15-16(20(21)22)18-9-5-4-8-14(18)17-15/h2-9,11H,10H2,1H3. The molecular weight excluding hydrogens is 280 g/mol. The van der Waals surface area contributed by atoms with Gasteiger partial charge in [0.05, 0.1) is 6.20 Å². The van der Waals surface area contributed by atoms with E-state index in [9.17, 15) is 10.1 Å². The molecule has 6 heteroatoms. The number of anilines is 2. The van der Waals surface area contributed by atoms with Crippen molar-refractivity contribution in [2.45, 2.75) is 19.4 Å². The van der Waals surface area contributed by atoms with Crippen molar-refractivity contribution in [2.75, 3.05) is 4.90 Å². The maximum absolute atomic E-state index is 11.6. The Morgan fingerprint density at radius 1 is 1.23 bits per heavy atom. The molecule has 22 heavy (non-hydrogen) atoms. The second-order valence-electron chi connectivity index (χ2n) is 5.50. The number of hydrogen-bond acceptors (Lipinski definition) is 4. The summed E-state index contributed by atoms with van der Waals surface area (Å²) in [5.74, 6) is 0.424. The van der Waals surface area contributed by atoms with Crippen LogP contribution < -0.4 is 4.90 Å². The van der Waals surface area contributed by atoms with Gasteiger partial charge in [-0.2, -0.15) is 9.38 Å². The smallest absolute Gasteiger partial charge is 0.358 e. The molecule has 1 aromatic carbocycles. The summed E-state index contributed by atoms with van der Waals surface area (Å²) in [6.07, 6.45) is 2.54. The minimum atomic E-state index is -0.358. The van der Waals surface area contributed by atoms with Crippen LogP contribution in [-0.4, -0.2) is 20.3 Å². The van der Waals surface area contributed by atoms with Gasteiger partial charge in [0, 0.05) is 17.8 Å². The molecule has 1 atom stereocenters. The van der Waals surface area contributed by atoms with E-state index in [1.807, 2.05) is 29.2 Å². The van der Waals surface area contributed by atoms with Crippen LogP contribution >= 0.6 is 0 Å². The second-order valence-corrected chi connectivity index (χ2v) is 5.50. The average Bonchev–Trinajstić information content (AvgIpc) is 3.03. The summed E-state index contributed by atoms with van der Waals surface area (Å²) in [6, 6.07) is 13.5. The fraction of sp³-hybridized carbons (Fsp3) is 0.188. The lowest BCUT2D eigenvalue weighted by Gasteiger charge is -2.21. The molecule has 3 aromatic rings. The lowest BCUT2D eigenvalue weighted by molar-refractivity contribution is -0.389. The van der Waals surface area contributed by atoms with Crippen LogP contribution in [0.25, 0.3) is 5.65 Å². The van der Waals surface area contributed by atoms with E-state index in [1.54, 1.807) is 18.3 Å². The number of imidazole rings is 1. The van der Waals surface area contributed by atoms with Gasteiger partial charge < -0.3 is 15.0 Å². The van der Waals surface area contributed by atoms with Gasteiger partial charge in [-0.1, -0.05) is 24.3 Å². The highest BCUT2D eigenvalue weighted by atomic mass is 16.6. The lowest BCUT2D eigenvalue weighted by atomic mass is 10.1. The van der Waals surface area contributed by atoms with E-state index in [1.165, 1.54) is 9.96 Å². The molecule has 110 valence electrons. The minimum absolute atomic E-state index is 0.0131. The summed E-state index contributed by atoms with van der Waals surface area (Å²) in [4.78, 5) is 17.7. The van der Waals surface area contributed by atoms with Gasteiger partial charge in [0.2, 0.25) is 11.5 Å². The minimum Gasteiger partial charge on any atom is -0.358 e. The first kappa shape index (κ1) is 12.8. The molecule has 0 saturated heterocycles. The number of rotatable bonds is 2. The maximum atomic E-state index is 11.6. The molecule has 0 saturated carbocycles. The van der Waals surface area contributed by atoms with Gasteiger partial charge in [0.15, 0.2) is 0 Å². The quantitative estimate of drug-likeness (QED) is 0.537. The summed E-state index contributed by atoms with van der Waals surface area (Å²) in [5.41, 5.74) is 2.78. The Morgan fingerprint density at radius 2 is 2.00 bits per heavy atom. The Balaban J connectivity index is 1.99. The normalized spacial score (nSPS) is 17.0. The molecule has 1 aliphatic heterocycles. The molecule has 6 nitrogen and oxygen atoms in total. The first-order chi connectivity index (χ1) is 10.7. The average molecular weight is 294 g/mol. The molecule has 0 fully saturated rings. The number of fused-ring (bicyclic) bond motifs is 2. The number of para-hydroxylation sites is 1. The highest BCUT2D eigenvalue weighted by molar-refractivity contribution is 5.76. The zero-order valence-corrected chi connectivity index (χ0v) is 12.0. The van der Waals surface area contributed by atoms with Gasteiger partial charge in [0.1, 0.15) is 0 Å². The molecule has 0 spiro atoms. The van der Waals surface area contributed by atoms with E-state index < -0.39 is 0 Å². The van der Waals surface area contributed by atoms with Gasteiger partial charge in [-0.15, -0.1) is 0 Å². The van der Waals surface area contributed by atoms with Crippen molar-refractivity contribution >= 4 is 23.0 Å². The summed E-state index contributed by atoms with van der Waals surface area (Å²) in [7, 11) is 0. The number of pyridine rings is 1. The SMILES string of the molecule is CC1Cc2ccccc2N1c1nc2ccccn2c1[N+](=O)[O-]. The van der Waals surface area contributed by atoms with E-state index >= 15 is 0 Å². The number of nitrogens with zero attached hydrogens (tertiary/aromatic N) is 4. The van der Waals surface area contributed by atoms with Gasteiger partial charge in [-0.25, -0.2) is 0 Å². The van der Waals surface area contributed by atoms with Crippen LogP contribution in [0.3, 0.4) is 0 Å². The van der Waals surface area contributed by atoms with Gasteiger partial charge in [-0.3, -0.25) is 0 Å². The van der Waals surface area contributed by atoms with E-state index in [0.717, 1.165) is 12.1 Å². The summed E-state index contributed by atoms with van der Waals surface area (Å²) in [6.45, 7) is 2.06. The molecule has 0 bridgehead atoms.